The molecule has 1 aromatic heterocycles. The molecule has 0 aliphatic heterocycles. The Kier molecular flexibility index (Phi) is 5.36. The maximum Gasteiger partial charge on any atom is 0.328 e. The average molecular weight is 318 g/mol. The predicted octanol–water partition coefficient (Wildman–Crippen LogP) is 2.78. The standard InChI is InChI=1S/C15H18BFN3O3/c1-4-5-6-23-11-7-12(17)14(20(21)22)13(8-11)19-9-10(2)18-15(19)16-3/h7-9H,4-6H2,1-3H3. The van der Waals surface area contributed by atoms with E-state index in [1.54, 1.807) is 27.2 Å². The van der Waals surface area contributed by atoms with E-state index in [9.17, 15) is 14.5 Å². The molecule has 6 nitrogen and oxygen atoms in total. The van der Waals surface area contributed by atoms with Gasteiger partial charge in [0.2, 0.25) is 5.82 Å². The van der Waals surface area contributed by atoms with Crippen LogP contribution in [0.1, 0.15) is 25.5 Å². The lowest BCUT2D eigenvalue weighted by atomic mass is 9.81. The molecule has 0 spiro atoms. The van der Waals surface area contributed by atoms with Crippen LogP contribution in [0.25, 0.3) is 5.69 Å². The summed E-state index contributed by atoms with van der Waals surface area (Å²) in [5.41, 5.74) is 0.712. The molecule has 1 aromatic carbocycles. The molecule has 2 aromatic rings. The Hall–Kier alpha value is -2.38. The number of rotatable bonds is 7. The minimum Gasteiger partial charge on any atom is -0.493 e. The zero-order valence-corrected chi connectivity index (χ0v) is 13.4. The first-order valence-corrected chi connectivity index (χ1v) is 7.44. The normalized spacial score (nSPS) is 10.6. The first kappa shape index (κ1) is 17.0. The average Bonchev–Trinajstić information content (AvgIpc) is 2.87. The van der Waals surface area contributed by atoms with E-state index in [0.29, 0.717) is 18.0 Å². The molecule has 0 saturated carbocycles. The van der Waals surface area contributed by atoms with Gasteiger partial charge in [-0.3, -0.25) is 10.1 Å². The van der Waals surface area contributed by atoms with Crippen molar-refractivity contribution >= 4 is 18.7 Å². The second kappa shape index (κ2) is 7.26. The monoisotopic (exact) mass is 318 g/mol. The summed E-state index contributed by atoms with van der Waals surface area (Å²) in [4.78, 5) is 14.8. The molecule has 0 bridgehead atoms. The van der Waals surface area contributed by atoms with Gasteiger partial charge < -0.3 is 9.30 Å². The van der Waals surface area contributed by atoms with Gasteiger partial charge in [-0.2, -0.15) is 4.39 Å². The largest absolute Gasteiger partial charge is 0.493 e. The highest BCUT2D eigenvalue weighted by atomic mass is 19.1. The lowest BCUT2D eigenvalue weighted by Gasteiger charge is -2.11. The smallest absolute Gasteiger partial charge is 0.328 e. The molecule has 121 valence electrons. The molecular weight excluding hydrogens is 300 g/mol. The molecule has 2 rings (SSSR count). The summed E-state index contributed by atoms with van der Waals surface area (Å²) in [6.45, 7) is 5.99. The Labute approximate surface area is 134 Å². The molecule has 0 fully saturated rings. The molecule has 1 heterocycles. The van der Waals surface area contributed by atoms with Crippen LogP contribution in [-0.2, 0) is 0 Å². The van der Waals surface area contributed by atoms with Crippen molar-refractivity contribution in [1.82, 2.24) is 9.55 Å². The molecule has 0 N–H and O–H groups in total. The molecule has 1 radical (unpaired) electrons. The molecular formula is C15H18BFN3O3. The summed E-state index contributed by atoms with van der Waals surface area (Å²) in [5.74, 6) is -0.655. The van der Waals surface area contributed by atoms with Crippen LogP contribution in [-0.4, -0.2) is 28.4 Å². The third-order valence-electron chi connectivity index (χ3n) is 3.34. The molecule has 0 saturated heterocycles. The maximum atomic E-state index is 14.2. The summed E-state index contributed by atoms with van der Waals surface area (Å²) in [6.07, 6.45) is 3.40. The zero-order valence-electron chi connectivity index (χ0n) is 13.4. The van der Waals surface area contributed by atoms with Crippen molar-refractivity contribution < 1.29 is 14.1 Å². The number of ether oxygens (including phenoxy) is 1. The summed E-state index contributed by atoms with van der Waals surface area (Å²) >= 11 is 0. The molecule has 8 heteroatoms. The Bertz CT molecular complexity index is 718. The van der Waals surface area contributed by atoms with E-state index in [1.165, 1.54) is 10.6 Å². The number of nitro benzene ring substituents is 1. The third-order valence-corrected chi connectivity index (χ3v) is 3.34. The first-order chi connectivity index (χ1) is 11.0. The molecule has 0 atom stereocenters. The highest BCUT2D eigenvalue weighted by Crippen LogP contribution is 2.31. The number of hydrogen-bond donors (Lipinski definition) is 0. The SMILES string of the molecule is C[B]c1nc(C)cn1-c1cc(OCCCC)cc(F)c1[N+](=O)[O-]. The summed E-state index contributed by atoms with van der Waals surface area (Å²) in [6, 6.07) is 2.53. The Morgan fingerprint density at radius 1 is 1.48 bits per heavy atom. The van der Waals surface area contributed by atoms with Crippen molar-refractivity contribution in [2.75, 3.05) is 6.61 Å². The molecule has 0 aliphatic carbocycles. The fourth-order valence-corrected chi connectivity index (χ4v) is 2.26. The maximum absolute atomic E-state index is 14.2. The number of imidazole rings is 1. The lowest BCUT2D eigenvalue weighted by Crippen LogP contribution is -2.24. The second-order valence-electron chi connectivity index (χ2n) is 5.13. The fourth-order valence-electron chi connectivity index (χ4n) is 2.26. The van der Waals surface area contributed by atoms with Crippen LogP contribution in [0.15, 0.2) is 18.3 Å². The van der Waals surface area contributed by atoms with Crippen molar-refractivity contribution in [2.24, 2.45) is 0 Å². The van der Waals surface area contributed by atoms with Gasteiger partial charge in [-0.1, -0.05) is 20.2 Å². The van der Waals surface area contributed by atoms with E-state index >= 15 is 0 Å². The first-order valence-electron chi connectivity index (χ1n) is 7.44. The zero-order chi connectivity index (χ0) is 17.0. The number of hydrogen-bond acceptors (Lipinski definition) is 4. The summed E-state index contributed by atoms with van der Waals surface area (Å²) in [7, 11) is 1.71. The van der Waals surface area contributed by atoms with Gasteiger partial charge in [0.25, 0.3) is 0 Å². The second-order valence-corrected chi connectivity index (χ2v) is 5.13. The van der Waals surface area contributed by atoms with Gasteiger partial charge in [0.15, 0.2) is 7.28 Å². The number of benzene rings is 1. The van der Waals surface area contributed by atoms with Gasteiger partial charge in [-0.15, -0.1) is 0 Å². The van der Waals surface area contributed by atoms with Gasteiger partial charge >= 0.3 is 5.69 Å². The van der Waals surface area contributed by atoms with Gasteiger partial charge in [-0.25, -0.2) is 4.98 Å². The Morgan fingerprint density at radius 3 is 2.83 bits per heavy atom. The molecule has 0 amide bonds. The number of aryl methyl sites for hydroxylation is 1. The summed E-state index contributed by atoms with van der Waals surface area (Å²) < 4.78 is 21.2. The van der Waals surface area contributed by atoms with Gasteiger partial charge in [-0.05, 0) is 13.3 Å². The number of nitrogens with zero attached hydrogens (tertiary/aromatic N) is 3. The van der Waals surface area contributed by atoms with E-state index in [2.05, 4.69) is 4.98 Å². The number of nitro groups is 1. The Morgan fingerprint density at radius 2 is 2.22 bits per heavy atom. The van der Waals surface area contributed by atoms with Gasteiger partial charge in [0.05, 0.1) is 22.9 Å². The summed E-state index contributed by atoms with van der Waals surface area (Å²) in [5, 5.41) is 11.3. The minimum absolute atomic E-state index is 0.107. The van der Waals surface area contributed by atoms with Gasteiger partial charge in [0.1, 0.15) is 11.4 Å². The van der Waals surface area contributed by atoms with Crippen molar-refractivity contribution in [3.63, 3.8) is 0 Å². The van der Waals surface area contributed by atoms with E-state index in [-0.39, 0.29) is 11.4 Å². The van der Waals surface area contributed by atoms with Crippen LogP contribution in [0.4, 0.5) is 10.1 Å². The fraction of sp³-hybridized carbons (Fsp3) is 0.400. The molecule has 23 heavy (non-hydrogen) atoms. The minimum atomic E-state index is -0.924. The van der Waals surface area contributed by atoms with E-state index in [1.807, 2.05) is 6.92 Å². The van der Waals surface area contributed by atoms with Crippen molar-refractivity contribution in [3.8, 4) is 11.4 Å². The van der Waals surface area contributed by atoms with Crippen molar-refractivity contribution in [2.45, 2.75) is 33.5 Å². The van der Waals surface area contributed by atoms with E-state index in [0.717, 1.165) is 18.9 Å². The van der Waals surface area contributed by atoms with Crippen LogP contribution in [0.2, 0.25) is 6.82 Å². The van der Waals surface area contributed by atoms with Gasteiger partial charge in [0, 0.05) is 18.3 Å². The number of aromatic nitrogens is 2. The lowest BCUT2D eigenvalue weighted by molar-refractivity contribution is -0.387. The van der Waals surface area contributed by atoms with E-state index in [4.69, 9.17) is 4.74 Å². The van der Waals surface area contributed by atoms with Crippen molar-refractivity contribution in [3.05, 3.63) is 40.0 Å². The van der Waals surface area contributed by atoms with Crippen LogP contribution in [0.5, 0.6) is 5.75 Å². The third kappa shape index (κ3) is 3.69. The molecule has 0 unspecified atom stereocenters. The van der Waals surface area contributed by atoms with Crippen LogP contribution >= 0.6 is 0 Å². The Balaban J connectivity index is 2.55. The predicted molar refractivity (Wildman–Crippen MR) is 86.6 cm³/mol. The van der Waals surface area contributed by atoms with Crippen LogP contribution < -0.4 is 10.5 Å². The highest BCUT2D eigenvalue weighted by molar-refractivity contribution is 6.50. The highest BCUT2D eigenvalue weighted by Gasteiger charge is 2.25. The van der Waals surface area contributed by atoms with E-state index < -0.39 is 16.4 Å². The quantitative estimate of drug-likeness (QED) is 0.341. The van der Waals surface area contributed by atoms with Crippen LogP contribution in [0.3, 0.4) is 0 Å². The van der Waals surface area contributed by atoms with Crippen LogP contribution in [0, 0.1) is 22.9 Å². The number of unbranched alkanes of at least 4 members (excludes halogenated alkanes) is 1. The number of halogens is 1. The van der Waals surface area contributed by atoms with Crippen molar-refractivity contribution in [1.29, 1.82) is 0 Å². The molecule has 0 aliphatic rings. The topological polar surface area (TPSA) is 70.2 Å².